The van der Waals surface area contributed by atoms with Crippen molar-refractivity contribution in [1.82, 2.24) is 5.32 Å². The molecule has 1 aliphatic carbocycles. The molecule has 2 rings (SSSR count). The van der Waals surface area contributed by atoms with Crippen LogP contribution in [0.25, 0.3) is 0 Å². The minimum atomic E-state index is 0.266. The van der Waals surface area contributed by atoms with Crippen LogP contribution in [-0.4, -0.2) is 11.9 Å². The molecule has 0 bridgehead atoms. The number of rotatable bonds is 1. The van der Waals surface area contributed by atoms with Crippen LogP contribution in [0.15, 0.2) is 0 Å². The fourth-order valence-corrected chi connectivity index (χ4v) is 2.35. The van der Waals surface area contributed by atoms with Crippen LogP contribution in [0.2, 0.25) is 0 Å². The predicted octanol–water partition coefficient (Wildman–Crippen LogP) is 1.46. The predicted molar refractivity (Wildman–Crippen MR) is 43.1 cm³/mol. The van der Waals surface area contributed by atoms with Crippen molar-refractivity contribution < 1.29 is 4.79 Å². The summed E-state index contributed by atoms with van der Waals surface area (Å²) in [5, 5.41) is 3.06. The normalized spacial score (nSPS) is 32.7. The maximum atomic E-state index is 10.9. The Morgan fingerprint density at radius 3 is 2.45 bits per heavy atom. The van der Waals surface area contributed by atoms with E-state index in [1.807, 2.05) is 0 Å². The second-order valence-electron chi connectivity index (χ2n) is 3.76. The molecule has 0 aromatic rings. The fourth-order valence-electron chi connectivity index (χ4n) is 2.35. The Hall–Kier alpha value is -0.530. The van der Waals surface area contributed by atoms with Crippen LogP contribution in [0.3, 0.4) is 0 Å². The molecular weight excluding hydrogens is 138 g/mol. The van der Waals surface area contributed by atoms with Crippen molar-refractivity contribution in [3.05, 3.63) is 0 Å². The van der Waals surface area contributed by atoms with Gasteiger partial charge in [0.25, 0.3) is 0 Å². The highest BCUT2D eigenvalue weighted by Crippen LogP contribution is 2.31. The van der Waals surface area contributed by atoms with Gasteiger partial charge in [0.2, 0.25) is 5.91 Å². The molecule has 1 heterocycles. The molecule has 2 nitrogen and oxygen atoms in total. The summed E-state index contributed by atoms with van der Waals surface area (Å²) in [6.45, 7) is 0. The van der Waals surface area contributed by atoms with E-state index in [0.717, 1.165) is 18.8 Å². The smallest absolute Gasteiger partial charge is 0.220 e. The maximum Gasteiger partial charge on any atom is 0.220 e. The molecule has 1 amide bonds. The summed E-state index contributed by atoms with van der Waals surface area (Å²) in [4.78, 5) is 10.9. The van der Waals surface area contributed by atoms with Gasteiger partial charge in [-0.15, -0.1) is 0 Å². The van der Waals surface area contributed by atoms with Gasteiger partial charge in [-0.25, -0.2) is 0 Å². The second-order valence-corrected chi connectivity index (χ2v) is 3.76. The molecule has 11 heavy (non-hydrogen) atoms. The Balaban J connectivity index is 1.90. The molecule has 0 spiro atoms. The van der Waals surface area contributed by atoms with E-state index in [1.54, 1.807) is 0 Å². The molecule has 0 aromatic heterocycles. The highest BCUT2D eigenvalue weighted by molar-refractivity contribution is 5.78. The van der Waals surface area contributed by atoms with E-state index < -0.39 is 0 Å². The molecule has 1 saturated carbocycles. The van der Waals surface area contributed by atoms with Gasteiger partial charge < -0.3 is 5.32 Å². The van der Waals surface area contributed by atoms with E-state index >= 15 is 0 Å². The molecule has 2 fully saturated rings. The average Bonchev–Trinajstić information content (AvgIpc) is 2.55. The molecule has 0 aromatic carbocycles. The lowest BCUT2D eigenvalue weighted by atomic mass is 9.97. The first-order valence-corrected chi connectivity index (χ1v) is 4.65. The van der Waals surface area contributed by atoms with Crippen LogP contribution in [0.5, 0.6) is 0 Å². The molecule has 1 saturated heterocycles. The van der Waals surface area contributed by atoms with Crippen LogP contribution >= 0.6 is 0 Å². The molecule has 0 radical (unpaired) electrons. The zero-order valence-corrected chi connectivity index (χ0v) is 6.81. The van der Waals surface area contributed by atoms with Gasteiger partial charge in [0.15, 0.2) is 0 Å². The number of amides is 1. The minimum absolute atomic E-state index is 0.266. The summed E-state index contributed by atoms with van der Waals surface area (Å²) >= 11 is 0. The summed E-state index contributed by atoms with van der Waals surface area (Å²) in [6.07, 6.45) is 7.27. The number of carbonyl (C=O) groups is 1. The van der Waals surface area contributed by atoms with E-state index in [9.17, 15) is 4.79 Å². The maximum absolute atomic E-state index is 10.9. The highest BCUT2D eigenvalue weighted by atomic mass is 16.1. The number of carbonyl (C=O) groups excluding carboxylic acids is 1. The van der Waals surface area contributed by atoms with Crippen LogP contribution in [0.4, 0.5) is 0 Å². The standard InChI is InChI=1S/C9H15NO/c11-9-6-5-8(10-9)7-3-1-2-4-7/h7-8H,1-6H2,(H,10,11)/t8-/m0/s1. The van der Waals surface area contributed by atoms with Crippen LogP contribution in [-0.2, 0) is 4.79 Å². The zero-order chi connectivity index (χ0) is 7.68. The van der Waals surface area contributed by atoms with Gasteiger partial charge in [0.05, 0.1) is 0 Å². The van der Waals surface area contributed by atoms with Crippen molar-refractivity contribution in [2.24, 2.45) is 5.92 Å². The van der Waals surface area contributed by atoms with Gasteiger partial charge in [-0.1, -0.05) is 12.8 Å². The topological polar surface area (TPSA) is 29.1 Å². The fraction of sp³-hybridized carbons (Fsp3) is 0.889. The highest BCUT2D eigenvalue weighted by Gasteiger charge is 2.30. The summed E-state index contributed by atoms with van der Waals surface area (Å²) in [6, 6.07) is 0.532. The summed E-state index contributed by atoms with van der Waals surface area (Å²) < 4.78 is 0. The van der Waals surface area contributed by atoms with Crippen LogP contribution in [0.1, 0.15) is 38.5 Å². The van der Waals surface area contributed by atoms with Crippen molar-refractivity contribution in [3.63, 3.8) is 0 Å². The summed E-state index contributed by atoms with van der Waals surface area (Å²) in [5.41, 5.74) is 0. The SMILES string of the molecule is O=C1CC[C@@H](C2CCCC2)N1. The Morgan fingerprint density at radius 2 is 1.91 bits per heavy atom. The number of hydrogen-bond acceptors (Lipinski definition) is 1. The molecular formula is C9H15NO. The molecule has 1 aliphatic heterocycles. The van der Waals surface area contributed by atoms with Crippen molar-refractivity contribution in [2.75, 3.05) is 0 Å². The Bertz CT molecular complexity index is 161. The monoisotopic (exact) mass is 153 g/mol. The van der Waals surface area contributed by atoms with Gasteiger partial charge in [-0.3, -0.25) is 4.79 Å². The lowest BCUT2D eigenvalue weighted by Crippen LogP contribution is -2.31. The Kier molecular flexibility index (Phi) is 1.84. The van der Waals surface area contributed by atoms with E-state index in [-0.39, 0.29) is 5.91 Å². The largest absolute Gasteiger partial charge is 0.353 e. The molecule has 1 N–H and O–H groups in total. The van der Waals surface area contributed by atoms with Gasteiger partial charge in [0, 0.05) is 12.5 Å². The van der Waals surface area contributed by atoms with Crippen LogP contribution in [0, 0.1) is 5.92 Å². The third-order valence-electron chi connectivity index (χ3n) is 3.00. The molecule has 1 atom stereocenters. The van der Waals surface area contributed by atoms with E-state index in [4.69, 9.17) is 0 Å². The van der Waals surface area contributed by atoms with Gasteiger partial charge in [-0.2, -0.15) is 0 Å². The van der Waals surface area contributed by atoms with E-state index in [0.29, 0.717) is 6.04 Å². The minimum Gasteiger partial charge on any atom is -0.353 e. The summed E-state index contributed by atoms with van der Waals surface area (Å²) in [7, 11) is 0. The van der Waals surface area contributed by atoms with Gasteiger partial charge >= 0.3 is 0 Å². The quantitative estimate of drug-likeness (QED) is 0.607. The van der Waals surface area contributed by atoms with Crippen molar-refractivity contribution in [1.29, 1.82) is 0 Å². The molecule has 2 heteroatoms. The van der Waals surface area contributed by atoms with Crippen molar-refractivity contribution in [2.45, 2.75) is 44.6 Å². The molecule has 62 valence electrons. The lowest BCUT2D eigenvalue weighted by molar-refractivity contribution is -0.119. The first kappa shape index (κ1) is 7.14. The van der Waals surface area contributed by atoms with Crippen molar-refractivity contribution in [3.8, 4) is 0 Å². The van der Waals surface area contributed by atoms with E-state index in [2.05, 4.69) is 5.32 Å². The van der Waals surface area contributed by atoms with E-state index in [1.165, 1.54) is 25.7 Å². The van der Waals surface area contributed by atoms with Crippen LogP contribution < -0.4 is 5.32 Å². The average molecular weight is 153 g/mol. The third kappa shape index (κ3) is 1.39. The molecule has 0 unspecified atom stereocenters. The first-order valence-electron chi connectivity index (χ1n) is 4.65. The first-order chi connectivity index (χ1) is 5.36. The van der Waals surface area contributed by atoms with Crippen molar-refractivity contribution >= 4 is 5.91 Å². The zero-order valence-electron chi connectivity index (χ0n) is 6.81. The lowest BCUT2D eigenvalue weighted by Gasteiger charge is -2.16. The van der Waals surface area contributed by atoms with Gasteiger partial charge in [-0.05, 0) is 25.2 Å². The Morgan fingerprint density at radius 1 is 1.18 bits per heavy atom. The molecule has 2 aliphatic rings. The Labute approximate surface area is 67.4 Å². The second kappa shape index (κ2) is 2.84. The van der Waals surface area contributed by atoms with Gasteiger partial charge in [0.1, 0.15) is 0 Å². The third-order valence-corrected chi connectivity index (χ3v) is 3.00. The number of nitrogens with one attached hydrogen (secondary N) is 1. The summed E-state index contributed by atoms with van der Waals surface area (Å²) in [5.74, 6) is 1.07. The number of hydrogen-bond donors (Lipinski definition) is 1.